The Kier molecular flexibility index (Phi) is 5.25. The zero-order valence-corrected chi connectivity index (χ0v) is 19.6. The maximum absolute atomic E-state index is 14.7. The molecule has 0 spiro atoms. The number of halogens is 3. The second-order valence-corrected chi connectivity index (χ2v) is 9.33. The van der Waals surface area contributed by atoms with E-state index < -0.39 is 24.5 Å². The quantitative estimate of drug-likeness (QED) is 0.503. The first kappa shape index (κ1) is 19.6. The van der Waals surface area contributed by atoms with Crippen LogP contribution in [0.25, 0.3) is 10.9 Å². The molecule has 0 saturated carbocycles. The summed E-state index contributed by atoms with van der Waals surface area (Å²) in [5.74, 6) is -0.599. The molecule has 0 radical (unpaired) electrons. The van der Waals surface area contributed by atoms with Gasteiger partial charge in [-0.1, -0.05) is 23.2 Å². The fraction of sp³-hybridized carbons (Fsp3) is 0.348. The second kappa shape index (κ2) is 8.83. The van der Waals surface area contributed by atoms with Crippen molar-refractivity contribution in [2.45, 2.75) is 32.3 Å². The van der Waals surface area contributed by atoms with E-state index in [1.807, 2.05) is 0 Å². The van der Waals surface area contributed by atoms with E-state index in [9.17, 15) is 9.18 Å². The highest BCUT2D eigenvalue weighted by molar-refractivity contribution is 6.42. The summed E-state index contributed by atoms with van der Waals surface area (Å²) in [5, 5.41) is 2.84. The minimum atomic E-state index is -2.54. The Hall–Kier alpha value is -2.84. The summed E-state index contributed by atoms with van der Waals surface area (Å²) in [7, 11) is 0. The summed E-state index contributed by atoms with van der Waals surface area (Å²) in [5.41, 5.74) is 0.314. The lowest BCUT2D eigenvalue weighted by molar-refractivity contribution is 0.0523. The predicted octanol–water partition coefficient (Wildman–Crippen LogP) is 5.25. The van der Waals surface area contributed by atoms with Crippen LogP contribution in [-0.2, 0) is 11.7 Å². The summed E-state index contributed by atoms with van der Waals surface area (Å²) >= 11 is 11.8. The van der Waals surface area contributed by atoms with Gasteiger partial charge in [0.15, 0.2) is 11.3 Å². The van der Waals surface area contributed by atoms with Crippen LogP contribution in [0.2, 0.25) is 10.0 Å². The Morgan fingerprint density at radius 1 is 1.42 bits per heavy atom. The molecular weight excluding hydrogens is 470 g/mol. The molecule has 1 aromatic heterocycles. The molecule has 0 saturated heterocycles. The highest BCUT2D eigenvalue weighted by Crippen LogP contribution is 2.36. The van der Waals surface area contributed by atoms with Crippen LogP contribution < -0.4 is 15.5 Å². The molecule has 1 unspecified atom stereocenters. The molecule has 1 aliphatic rings. The molecule has 0 aliphatic carbocycles. The van der Waals surface area contributed by atoms with Gasteiger partial charge in [0.1, 0.15) is 17.0 Å². The van der Waals surface area contributed by atoms with Crippen molar-refractivity contribution in [2.24, 2.45) is 12.0 Å². The van der Waals surface area contributed by atoms with Crippen LogP contribution in [0.15, 0.2) is 35.6 Å². The smallest absolute Gasteiger partial charge is 0.407 e. The number of nitrogens with zero attached hydrogens (tertiary/aromatic N) is 3. The number of benzene rings is 2. The van der Waals surface area contributed by atoms with E-state index >= 15 is 0 Å². The SMILES string of the molecule is [2H]C([2H])([2H])n1cnc(=Nc2ccc(Cl)c(Cl)c2F)c2cc3c(cc21)OCC3CNC(=O)OC(C)(C)C. The molecule has 4 rings (SSSR count). The van der Waals surface area contributed by atoms with Gasteiger partial charge >= 0.3 is 6.09 Å². The number of nitrogens with one attached hydrogen (secondary N) is 1. The lowest BCUT2D eigenvalue weighted by Gasteiger charge is -2.20. The molecule has 1 amide bonds. The van der Waals surface area contributed by atoms with Crippen LogP contribution in [0.3, 0.4) is 0 Å². The lowest BCUT2D eigenvalue weighted by Crippen LogP contribution is -2.35. The number of aryl methyl sites for hydroxylation is 1. The van der Waals surface area contributed by atoms with Gasteiger partial charge in [0.25, 0.3) is 0 Å². The van der Waals surface area contributed by atoms with Gasteiger partial charge in [0.05, 0.1) is 28.5 Å². The standard InChI is InChI=1S/C23H23Cl2FN4O3/c1-23(2,3)33-22(31)27-9-12-10-32-18-8-17-14(7-13(12)18)21(28-11-30(17)4)29-16-6-5-15(24)19(25)20(16)26/h5-8,11-12H,9-10H2,1-4H3,(H,27,31)/i4D3. The molecule has 2 aromatic carbocycles. The molecule has 1 aliphatic heterocycles. The van der Waals surface area contributed by atoms with Crippen LogP contribution in [0.5, 0.6) is 5.75 Å². The van der Waals surface area contributed by atoms with E-state index in [0.717, 1.165) is 16.5 Å². The van der Waals surface area contributed by atoms with Gasteiger partial charge in [-0.15, -0.1) is 0 Å². The molecule has 1 atom stereocenters. The Balaban J connectivity index is 1.81. The summed E-state index contributed by atoms with van der Waals surface area (Å²) < 4.78 is 50.4. The van der Waals surface area contributed by atoms with Gasteiger partial charge in [-0.25, -0.2) is 19.2 Å². The summed E-state index contributed by atoms with van der Waals surface area (Å²) in [6.45, 7) is 3.24. The van der Waals surface area contributed by atoms with E-state index in [4.69, 9.17) is 36.8 Å². The van der Waals surface area contributed by atoms with Crippen molar-refractivity contribution in [1.29, 1.82) is 0 Å². The van der Waals surface area contributed by atoms with Gasteiger partial charge in [0, 0.05) is 40.6 Å². The minimum Gasteiger partial charge on any atom is -0.493 e. The predicted molar refractivity (Wildman–Crippen MR) is 125 cm³/mol. The zero-order valence-electron chi connectivity index (χ0n) is 21.1. The first-order chi connectivity index (χ1) is 16.7. The number of amides is 1. The van der Waals surface area contributed by atoms with Crippen LogP contribution in [-0.4, -0.2) is 34.4 Å². The molecule has 0 fully saturated rings. The van der Waals surface area contributed by atoms with E-state index in [1.54, 1.807) is 32.9 Å². The molecule has 174 valence electrons. The number of carbonyl (C=O) groups is 1. The van der Waals surface area contributed by atoms with Gasteiger partial charge in [-0.05, 0) is 39.0 Å². The first-order valence-corrected chi connectivity index (χ1v) is 10.8. The summed E-state index contributed by atoms with van der Waals surface area (Å²) in [6, 6.07) is 6.04. The van der Waals surface area contributed by atoms with Crippen molar-refractivity contribution in [3.8, 4) is 5.75 Å². The highest BCUT2D eigenvalue weighted by Gasteiger charge is 2.27. The Bertz CT molecular complexity index is 1420. The molecule has 1 N–H and O–H groups in total. The van der Waals surface area contributed by atoms with E-state index in [-0.39, 0.29) is 45.8 Å². The summed E-state index contributed by atoms with van der Waals surface area (Å²) in [6.07, 6.45) is 0.552. The monoisotopic (exact) mass is 495 g/mol. The average Bonchev–Trinajstić information content (AvgIpc) is 3.16. The van der Waals surface area contributed by atoms with Crippen molar-refractivity contribution in [2.75, 3.05) is 13.2 Å². The third kappa shape index (κ3) is 4.91. The van der Waals surface area contributed by atoms with Crippen LogP contribution in [0.1, 0.15) is 36.4 Å². The number of aromatic nitrogens is 2. The normalized spacial score (nSPS) is 17.7. The third-order valence-corrected chi connectivity index (χ3v) is 5.72. The maximum Gasteiger partial charge on any atom is 0.407 e. The minimum absolute atomic E-state index is 0.0366. The third-order valence-electron chi connectivity index (χ3n) is 4.94. The number of hydrogen-bond donors (Lipinski definition) is 1. The largest absolute Gasteiger partial charge is 0.493 e. The second-order valence-electron chi connectivity index (χ2n) is 8.54. The number of carbonyl (C=O) groups excluding carboxylic acids is 1. The van der Waals surface area contributed by atoms with Crippen LogP contribution in [0, 0.1) is 5.82 Å². The average molecular weight is 496 g/mol. The van der Waals surface area contributed by atoms with Gasteiger partial charge in [0.2, 0.25) is 0 Å². The Morgan fingerprint density at radius 3 is 2.94 bits per heavy atom. The van der Waals surface area contributed by atoms with Gasteiger partial charge in [-0.3, -0.25) is 0 Å². The molecule has 33 heavy (non-hydrogen) atoms. The van der Waals surface area contributed by atoms with Crippen molar-refractivity contribution >= 4 is 45.9 Å². The topological polar surface area (TPSA) is 77.7 Å². The van der Waals surface area contributed by atoms with Crippen molar-refractivity contribution < 1.29 is 22.8 Å². The first-order valence-electron chi connectivity index (χ1n) is 11.6. The van der Waals surface area contributed by atoms with Crippen LogP contribution in [0.4, 0.5) is 14.9 Å². The fourth-order valence-electron chi connectivity index (χ4n) is 3.43. The van der Waals surface area contributed by atoms with E-state index in [0.29, 0.717) is 11.1 Å². The fourth-order valence-corrected chi connectivity index (χ4v) is 3.73. The maximum atomic E-state index is 14.7. The Labute approximate surface area is 204 Å². The number of fused-ring (bicyclic) bond motifs is 2. The summed E-state index contributed by atoms with van der Waals surface area (Å²) in [4.78, 5) is 20.6. The van der Waals surface area contributed by atoms with E-state index in [1.165, 1.54) is 12.1 Å². The molecule has 3 aromatic rings. The highest BCUT2D eigenvalue weighted by atomic mass is 35.5. The van der Waals surface area contributed by atoms with Crippen molar-refractivity contribution in [3.05, 3.63) is 57.5 Å². The van der Waals surface area contributed by atoms with E-state index in [2.05, 4.69) is 15.3 Å². The lowest BCUT2D eigenvalue weighted by atomic mass is 9.99. The Morgan fingerprint density at radius 2 is 2.21 bits per heavy atom. The zero-order chi connectivity index (χ0) is 26.4. The number of ether oxygens (including phenoxy) is 2. The van der Waals surface area contributed by atoms with Gasteiger partial charge < -0.3 is 19.4 Å². The van der Waals surface area contributed by atoms with Crippen molar-refractivity contribution in [3.63, 3.8) is 0 Å². The molecule has 2 heterocycles. The molecule has 0 bridgehead atoms. The molecule has 10 heteroatoms. The number of hydrogen-bond acceptors (Lipinski definition) is 5. The van der Waals surface area contributed by atoms with Gasteiger partial charge in [-0.2, -0.15) is 0 Å². The van der Waals surface area contributed by atoms with Crippen molar-refractivity contribution in [1.82, 2.24) is 14.9 Å². The van der Waals surface area contributed by atoms with Crippen LogP contribution >= 0.6 is 23.2 Å². The number of rotatable bonds is 3. The number of alkyl carbamates (subject to hydrolysis) is 1. The molecular formula is C23H23Cl2FN4O3. The molecule has 7 nitrogen and oxygen atoms in total.